The van der Waals surface area contributed by atoms with Crippen molar-refractivity contribution < 1.29 is 14.7 Å². The molecule has 0 aliphatic carbocycles. The molecule has 2 rings (SSSR count). The van der Waals surface area contributed by atoms with Crippen molar-refractivity contribution in [1.82, 2.24) is 19.7 Å². The molecule has 0 spiro atoms. The SMILES string of the molecule is Cn1ncnc1CN1CC(C(=O)O)CCC1=O. The van der Waals surface area contributed by atoms with Crippen LogP contribution in [0.3, 0.4) is 0 Å². The van der Waals surface area contributed by atoms with Gasteiger partial charge in [-0.15, -0.1) is 0 Å². The third-order valence-corrected chi connectivity index (χ3v) is 2.99. The number of aliphatic carboxylic acids is 1. The molecule has 2 heterocycles. The number of hydrogen-bond donors (Lipinski definition) is 1. The highest BCUT2D eigenvalue weighted by Crippen LogP contribution is 2.19. The molecule has 1 amide bonds. The number of amides is 1. The first-order valence-electron chi connectivity index (χ1n) is 5.41. The van der Waals surface area contributed by atoms with Crippen LogP contribution < -0.4 is 0 Å². The van der Waals surface area contributed by atoms with Gasteiger partial charge in [0.25, 0.3) is 0 Å². The second kappa shape index (κ2) is 4.52. The van der Waals surface area contributed by atoms with Crippen molar-refractivity contribution >= 4 is 11.9 Å². The summed E-state index contributed by atoms with van der Waals surface area (Å²) in [4.78, 5) is 28.1. The normalized spacial score (nSPS) is 20.6. The van der Waals surface area contributed by atoms with E-state index in [4.69, 9.17) is 5.11 Å². The maximum atomic E-state index is 11.7. The zero-order valence-electron chi connectivity index (χ0n) is 9.54. The Morgan fingerprint density at radius 1 is 1.65 bits per heavy atom. The summed E-state index contributed by atoms with van der Waals surface area (Å²) >= 11 is 0. The monoisotopic (exact) mass is 238 g/mol. The maximum Gasteiger partial charge on any atom is 0.308 e. The predicted molar refractivity (Wildman–Crippen MR) is 56.8 cm³/mol. The summed E-state index contributed by atoms with van der Waals surface area (Å²) in [6.07, 6.45) is 2.12. The Hall–Kier alpha value is -1.92. The van der Waals surface area contributed by atoms with Crippen molar-refractivity contribution in [2.24, 2.45) is 13.0 Å². The zero-order valence-corrected chi connectivity index (χ0v) is 9.54. The molecule has 0 radical (unpaired) electrons. The van der Waals surface area contributed by atoms with Crippen molar-refractivity contribution in [2.45, 2.75) is 19.4 Å². The number of carbonyl (C=O) groups is 2. The lowest BCUT2D eigenvalue weighted by molar-refractivity contribution is -0.147. The summed E-state index contributed by atoms with van der Waals surface area (Å²) in [5, 5.41) is 12.9. The fourth-order valence-corrected chi connectivity index (χ4v) is 1.90. The second-order valence-corrected chi connectivity index (χ2v) is 4.15. The minimum Gasteiger partial charge on any atom is -0.481 e. The van der Waals surface area contributed by atoms with Crippen molar-refractivity contribution in [3.63, 3.8) is 0 Å². The Morgan fingerprint density at radius 2 is 2.41 bits per heavy atom. The Balaban J connectivity index is 2.06. The Kier molecular flexibility index (Phi) is 3.08. The molecule has 1 fully saturated rings. The highest BCUT2D eigenvalue weighted by molar-refractivity contribution is 5.80. The van der Waals surface area contributed by atoms with Crippen LogP contribution in [0.1, 0.15) is 18.7 Å². The topological polar surface area (TPSA) is 88.3 Å². The molecule has 1 N–H and O–H groups in total. The van der Waals surface area contributed by atoms with Crippen LogP contribution in [0.4, 0.5) is 0 Å². The molecule has 1 atom stereocenters. The van der Waals surface area contributed by atoms with Crippen LogP contribution in [0.15, 0.2) is 6.33 Å². The van der Waals surface area contributed by atoms with Crippen molar-refractivity contribution in [1.29, 1.82) is 0 Å². The number of carbonyl (C=O) groups excluding carboxylic acids is 1. The van der Waals surface area contributed by atoms with Gasteiger partial charge >= 0.3 is 5.97 Å². The van der Waals surface area contributed by atoms with Gasteiger partial charge in [-0.3, -0.25) is 14.3 Å². The quantitative estimate of drug-likeness (QED) is 0.776. The number of aromatic nitrogens is 3. The summed E-state index contributed by atoms with van der Waals surface area (Å²) in [5.74, 6) is -0.684. The predicted octanol–water partition coefficient (Wildman–Crippen LogP) is -0.362. The molecule has 1 aliphatic heterocycles. The van der Waals surface area contributed by atoms with Gasteiger partial charge in [-0.1, -0.05) is 0 Å². The van der Waals surface area contributed by atoms with Gasteiger partial charge in [-0.25, -0.2) is 4.98 Å². The lowest BCUT2D eigenvalue weighted by Gasteiger charge is -2.30. The Labute approximate surface area is 98.0 Å². The molecule has 1 aromatic heterocycles. The Morgan fingerprint density at radius 3 is 3.00 bits per heavy atom. The summed E-state index contributed by atoms with van der Waals surface area (Å²) < 4.78 is 1.58. The lowest BCUT2D eigenvalue weighted by atomic mass is 9.98. The standard InChI is InChI=1S/C10H14N4O3/c1-13-8(11-6-12-13)5-14-4-7(10(16)17)2-3-9(14)15/h6-7H,2-5H2,1H3,(H,16,17). The third kappa shape index (κ3) is 2.43. The van der Waals surface area contributed by atoms with E-state index in [-0.39, 0.29) is 18.9 Å². The molecule has 1 aliphatic rings. The number of rotatable bonds is 3. The number of aryl methyl sites for hydroxylation is 1. The fourth-order valence-electron chi connectivity index (χ4n) is 1.90. The van der Waals surface area contributed by atoms with E-state index in [1.807, 2.05) is 0 Å². The van der Waals surface area contributed by atoms with Gasteiger partial charge in [0.2, 0.25) is 5.91 Å². The number of hydrogen-bond acceptors (Lipinski definition) is 4. The molecular weight excluding hydrogens is 224 g/mol. The van der Waals surface area contributed by atoms with Gasteiger partial charge < -0.3 is 10.0 Å². The van der Waals surface area contributed by atoms with E-state index in [9.17, 15) is 9.59 Å². The molecule has 0 aromatic carbocycles. The summed E-state index contributed by atoms with van der Waals surface area (Å²) in [7, 11) is 1.74. The molecular formula is C10H14N4O3. The molecule has 1 saturated heterocycles. The number of carboxylic acid groups (broad SMARTS) is 1. The van der Waals surface area contributed by atoms with E-state index in [1.165, 1.54) is 11.2 Å². The van der Waals surface area contributed by atoms with Crippen molar-refractivity contribution in [2.75, 3.05) is 6.54 Å². The summed E-state index contributed by atoms with van der Waals surface area (Å²) in [6, 6.07) is 0. The van der Waals surface area contributed by atoms with Crippen molar-refractivity contribution in [3.8, 4) is 0 Å². The maximum absolute atomic E-state index is 11.7. The van der Waals surface area contributed by atoms with Crippen LogP contribution in [-0.4, -0.2) is 43.2 Å². The van der Waals surface area contributed by atoms with Gasteiger partial charge in [0.15, 0.2) is 0 Å². The smallest absolute Gasteiger partial charge is 0.308 e. The molecule has 17 heavy (non-hydrogen) atoms. The first-order chi connectivity index (χ1) is 8.08. The van der Waals surface area contributed by atoms with Crippen LogP contribution in [0, 0.1) is 5.92 Å². The highest BCUT2D eigenvalue weighted by Gasteiger charge is 2.30. The van der Waals surface area contributed by atoms with Crippen LogP contribution in [0.5, 0.6) is 0 Å². The average Bonchev–Trinajstić information content (AvgIpc) is 2.67. The zero-order chi connectivity index (χ0) is 12.4. The minimum absolute atomic E-state index is 0.0227. The summed E-state index contributed by atoms with van der Waals surface area (Å²) in [6.45, 7) is 0.570. The first kappa shape index (κ1) is 11.6. The van der Waals surface area contributed by atoms with Crippen LogP contribution in [0.25, 0.3) is 0 Å². The van der Waals surface area contributed by atoms with Crippen molar-refractivity contribution in [3.05, 3.63) is 12.2 Å². The molecule has 0 bridgehead atoms. The number of piperidine rings is 1. The van der Waals surface area contributed by atoms with Crippen LogP contribution in [-0.2, 0) is 23.2 Å². The fraction of sp³-hybridized carbons (Fsp3) is 0.600. The Bertz CT molecular complexity index is 443. The van der Waals surface area contributed by atoms with Gasteiger partial charge in [0.1, 0.15) is 12.2 Å². The second-order valence-electron chi connectivity index (χ2n) is 4.15. The number of nitrogens with zero attached hydrogens (tertiary/aromatic N) is 4. The largest absolute Gasteiger partial charge is 0.481 e. The van der Waals surface area contributed by atoms with E-state index in [1.54, 1.807) is 11.7 Å². The number of likely N-dealkylation sites (tertiary alicyclic amines) is 1. The number of carboxylic acids is 1. The molecule has 0 saturated carbocycles. The highest BCUT2D eigenvalue weighted by atomic mass is 16.4. The van der Waals surface area contributed by atoms with Crippen LogP contribution >= 0.6 is 0 Å². The van der Waals surface area contributed by atoms with Crippen LogP contribution in [0.2, 0.25) is 0 Å². The van der Waals surface area contributed by atoms with Gasteiger partial charge in [0, 0.05) is 20.0 Å². The van der Waals surface area contributed by atoms with E-state index < -0.39 is 11.9 Å². The molecule has 7 nitrogen and oxygen atoms in total. The first-order valence-corrected chi connectivity index (χ1v) is 5.41. The molecule has 92 valence electrons. The third-order valence-electron chi connectivity index (χ3n) is 2.99. The van der Waals surface area contributed by atoms with Gasteiger partial charge in [0.05, 0.1) is 12.5 Å². The van der Waals surface area contributed by atoms with E-state index >= 15 is 0 Å². The van der Waals surface area contributed by atoms with Gasteiger partial charge in [-0.05, 0) is 6.42 Å². The van der Waals surface area contributed by atoms with Gasteiger partial charge in [-0.2, -0.15) is 5.10 Å². The van der Waals surface area contributed by atoms with E-state index in [0.717, 1.165) is 0 Å². The molecule has 1 aromatic rings. The molecule has 1 unspecified atom stereocenters. The summed E-state index contributed by atoms with van der Waals surface area (Å²) in [5.41, 5.74) is 0. The minimum atomic E-state index is -0.847. The lowest BCUT2D eigenvalue weighted by Crippen LogP contribution is -2.42. The van der Waals surface area contributed by atoms with E-state index in [0.29, 0.717) is 18.8 Å². The molecule has 7 heteroatoms. The van der Waals surface area contributed by atoms with E-state index in [2.05, 4.69) is 10.1 Å². The average molecular weight is 238 g/mol.